The van der Waals surface area contributed by atoms with Crippen LogP contribution in [0.5, 0.6) is 0 Å². The summed E-state index contributed by atoms with van der Waals surface area (Å²) in [5, 5.41) is 3.38. The van der Waals surface area contributed by atoms with Crippen LogP contribution >= 0.6 is 11.6 Å². The first-order chi connectivity index (χ1) is 10.7. The van der Waals surface area contributed by atoms with Crippen LogP contribution in [0.4, 0.5) is 4.39 Å². The summed E-state index contributed by atoms with van der Waals surface area (Å²) in [6, 6.07) is 12.2. The van der Waals surface area contributed by atoms with E-state index in [-0.39, 0.29) is 5.02 Å². The normalized spacial score (nSPS) is 10.8. The predicted octanol–water partition coefficient (Wildman–Crippen LogP) is 4.42. The number of benzene rings is 1. The number of nitrogens with zero attached hydrogens (tertiary/aromatic N) is 1. The Balaban J connectivity index is 1.62. The zero-order valence-electron chi connectivity index (χ0n) is 11.7. The molecule has 3 nitrogen and oxygen atoms in total. The third-order valence-corrected chi connectivity index (χ3v) is 3.53. The molecule has 0 atom stereocenters. The molecule has 1 N–H and O–H groups in total. The minimum Gasteiger partial charge on any atom is -0.460 e. The van der Waals surface area contributed by atoms with E-state index in [0.29, 0.717) is 12.3 Å². The lowest BCUT2D eigenvalue weighted by Crippen LogP contribution is -2.11. The molecule has 2 aromatic heterocycles. The van der Waals surface area contributed by atoms with Crippen molar-refractivity contribution in [1.82, 2.24) is 10.3 Å². The van der Waals surface area contributed by atoms with E-state index in [1.165, 1.54) is 6.07 Å². The highest BCUT2D eigenvalue weighted by Gasteiger charge is 2.07. The molecule has 0 saturated heterocycles. The Morgan fingerprint density at radius 1 is 1.05 bits per heavy atom. The molecule has 0 aliphatic carbocycles. The van der Waals surface area contributed by atoms with Gasteiger partial charge in [0.25, 0.3) is 0 Å². The highest BCUT2D eigenvalue weighted by molar-refractivity contribution is 6.31. The van der Waals surface area contributed by atoms with E-state index in [0.717, 1.165) is 23.4 Å². The lowest BCUT2D eigenvalue weighted by Gasteiger charge is -2.03. The molecule has 0 spiro atoms. The summed E-state index contributed by atoms with van der Waals surface area (Å²) in [6.45, 7) is 1.35. The molecule has 112 valence electrons. The average molecular weight is 317 g/mol. The Hall–Kier alpha value is -2.17. The van der Waals surface area contributed by atoms with Crippen LogP contribution < -0.4 is 5.32 Å². The molecule has 0 unspecified atom stereocenters. The van der Waals surface area contributed by atoms with Crippen LogP contribution in [0, 0.1) is 5.82 Å². The molecule has 1 aromatic carbocycles. The lowest BCUT2D eigenvalue weighted by molar-refractivity contribution is 0.493. The monoisotopic (exact) mass is 316 g/mol. The summed E-state index contributed by atoms with van der Waals surface area (Å²) in [5.41, 5.74) is 1.92. The third-order valence-electron chi connectivity index (χ3n) is 3.24. The minimum absolute atomic E-state index is 0.0891. The van der Waals surface area contributed by atoms with Gasteiger partial charge in [0.05, 0.1) is 11.6 Å². The fourth-order valence-corrected chi connectivity index (χ4v) is 2.29. The first kappa shape index (κ1) is 14.8. The quantitative estimate of drug-likeness (QED) is 0.757. The zero-order valence-corrected chi connectivity index (χ0v) is 12.5. The molecule has 0 bridgehead atoms. The predicted molar refractivity (Wildman–Crippen MR) is 83.9 cm³/mol. The molecule has 3 aromatic rings. The van der Waals surface area contributed by atoms with E-state index in [2.05, 4.69) is 10.3 Å². The van der Waals surface area contributed by atoms with E-state index < -0.39 is 5.82 Å². The van der Waals surface area contributed by atoms with Gasteiger partial charge in [-0.25, -0.2) is 4.39 Å². The van der Waals surface area contributed by atoms with Crippen LogP contribution in [0.1, 0.15) is 11.3 Å². The van der Waals surface area contributed by atoms with Gasteiger partial charge in [-0.15, -0.1) is 0 Å². The molecule has 0 radical (unpaired) electrons. The van der Waals surface area contributed by atoms with Gasteiger partial charge in [-0.3, -0.25) is 4.98 Å². The van der Waals surface area contributed by atoms with Gasteiger partial charge in [-0.2, -0.15) is 0 Å². The van der Waals surface area contributed by atoms with Crippen LogP contribution in [-0.4, -0.2) is 4.98 Å². The van der Waals surface area contributed by atoms with Gasteiger partial charge in [-0.1, -0.05) is 11.6 Å². The highest BCUT2D eigenvalue weighted by Crippen LogP contribution is 2.26. The topological polar surface area (TPSA) is 38.1 Å². The zero-order chi connectivity index (χ0) is 15.4. The van der Waals surface area contributed by atoms with E-state index in [4.69, 9.17) is 16.0 Å². The Bertz CT molecular complexity index is 758. The maximum atomic E-state index is 13.2. The van der Waals surface area contributed by atoms with Crippen LogP contribution in [0.3, 0.4) is 0 Å². The van der Waals surface area contributed by atoms with Crippen molar-refractivity contribution in [3.05, 3.63) is 77.0 Å². The second-order valence-corrected chi connectivity index (χ2v) is 5.26. The highest BCUT2D eigenvalue weighted by atomic mass is 35.5. The molecule has 0 fully saturated rings. The maximum Gasteiger partial charge on any atom is 0.141 e. The van der Waals surface area contributed by atoms with Gasteiger partial charge in [0.2, 0.25) is 0 Å². The Labute approximate surface area is 132 Å². The van der Waals surface area contributed by atoms with Crippen molar-refractivity contribution < 1.29 is 8.81 Å². The van der Waals surface area contributed by atoms with Crippen molar-refractivity contribution >= 4 is 11.6 Å². The molecule has 2 heterocycles. The second kappa shape index (κ2) is 6.73. The molecule has 22 heavy (non-hydrogen) atoms. The van der Waals surface area contributed by atoms with Gasteiger partial charge in [0.1, 0.15) is 17.3 Å². The molecular formula is C17H14ClFN2O. The Morgan fingerprint density at radius 3 is 2.64 bits per heavy atom. The van der Waals surface area contributed by atoms with Gasteiger partial charge < -0.3 is 9.73 Å². The largest absolute Gasteiger partial charge is 0.460 e. The van der Waals surface area contributed by atoms with Crippen LogP contribution in [-0.2, 0) is 13.1 Å². The molecule has 0 aliphatic heterocycles. The summed E-state index contributed by atoms with van der Waals surface area (Å²) < 4.78 is 18.9. The lowest BCUT2D eigenvalue weighted by atomic mass is 10.2. The first-order valence-electron chi connectivity index (χ1n) is 6.86. The molecular weight excluding hydrogens is 303 g/mol. The number of halogens is 2. The van der Waals surface area contributed by atoms with Crippen molar-refractivity contribution in [2.45, 2.75) is 13.1 Å². The van der Waals surface area contributed by atoms with Gasteiger partial charge in [-0.05, 0) is 48.0 Å². The van der Waals surface area contributed by atoms with Crippen molar-refractivity contribution in [3.8, 4) is 11.3 Å². The van der Waals surface area contributed by atoms with Crippen molar-refractivity contribution in [2.24, 2.45) is 0 Å². The molecule has 0 saturated carbocycles. The summed E-state index contributed by atoms with van der Waals surface area (Å²) in [7, 11) is 0. The number of pyridine rings is 1. The number of aromatic nitrogens is 1. The van der Waals surface area contributed by atoms with Crippen molar-refractivity contribution in [3.63, 3.8) is 0 Å². The summed E-state index contributed by atoms with van der Waals surface area (Å²) in [6.07, 6.45) is 3.53. The standard InChI is InChI=1S/C17H14ClFN2O/c18-15-9-13(1-3-16(15)19)17-4-2-14(22-17)11-21-10-12-5-7-20-8-6-12/h1-9,21H,10-11H2. The minimum atomic E-state index is -0.434. The fraction of sp³-hybridized carbons (Fsp3) is 0.118. The smallest absolute Gasteiger partial charge is 0.141 e. The van der Waals surface area contributed by atoms with Crippen molar-refractivity contribution in [2.75, 3.05) is 0 Å². The Kier molecular flexibility index (Phi) is 4.51. The number of rotatable bonds is 5. The van der Waals surface area contributed by atoms with Gasteiger partial charge in [0, 0.05) is 24.5 Å². The third kappa shape index (κ3) is 3.53. The first-order valence-corrected chi connectivity index (χ1v) is 7.24. The molecule has 0 aliphatic rings. The van der Waals surface area contributed by atoms with Gasteiger partial charge in [0.15, 0.2) is 0 Å². The Morgan fingerprint density at radius 2 is 1.86 bits per heavy atom. The summed E-state index contributed by atoms with van der Waals surface area (Å²) in [5.74, 6) is 1.04. The maximum absolute atomic E-state index is 13.2. The van der Waals surface area contributed by atoms with E-state index in [1.807, 2.05) is 24.3 Å². The second-order valence-electron chi connectivity index (χ2n) is 4.85. The molecule has 0 amide bonds. The van der Waals surface area contributed by atoms with Crippen LogP contribution in [0.15, 0.2) is 59.3 Å². The fourth-order valence-electron chi connectivity index (χ4n) is 2.11. The summed E-state index contributed by atoms with van der Waals surface area (Å²) >= 11 is 5.79. The van der Waals surface area contributed by atoms with Crippen molar-refractivity contribution in [1.29, 1.82) is 0 Å². The van der Waals surface area contributed by atoms with E-state index >= 15 is 0 Å². The molecule has 5 heteroatoms. The number of hydrogen-bond donors (Lipinski definition) is 1. The number of nitrogens with one attached hydrogen (secondary N) is 1. The summed E-state index contributed by atoms with van der Waals surface area (Å²) in [4.78, 5) is 3.98. The number of furan rings is 1. The molecule has 3 rings (SSSR count). The van der Waals surface area contributed by atoms with E-state index in [1.54, 1.807) is 24.5 Å². The van der Waals surface area contributed by atoms with Crippen LogP contribution in [0.2, 0.25) is 5.02 Å². The SMILES string of the molecule is Fc1ccc(-c2ccc(CNCc3ccncc3)o2)cc1Cl. The van der Waals surface area contributed by atoms with Gasteiger partial charge >= 0.3 is 0 Å². The van der Waals surface area contributed by atoms with Crippen LogP contribution in [0.25, 0.3) is 11.3 Å². The van der Waals surface area contributed by atoms with E-state index in [9.17, 15) is 4.39 Å². The average Bonchev–Trinajstić information content (AvgIpc) is 3.00. The number of hydrogen-bond acceptors (Lipinski definition) is 3.